The average Bonchev–Trinajstić information content (AvgIpc) is 2.94. The van der Waals surface area contributed by atoms with Gasteiger partial charge in [0.15, 0.2) is 10.6 Å². The molecule has 2 N–H and O–H groups in total. The van der Waals surface area contributed by atoms with E-state index in [1.54, 1.807) is 23.9 Å². The van der Waals surface area contributed by atoms with Gasteiger partial charge < -0.3 is 15.0 Å². The highest BCUT2D eigenvalue weighted by atomic mass is 32.1. The lowest BCUT2D eigenvalue weighted by Crippen LogP contribution is -3.07. The summed E-state index contributed by atoms with van der Waals surface area (Å²) < 4.78 is 20.9. The summed E-state index contributed by atoms with van der Waals surface area (Å²) in [7, 11) is 3.67. The summed E-state index contributed by atoms with van der Waals surface area (Å²) in [6.45, 7) is 1.30. The molecule has 0 bridgehead atoms. The molecule has 0 aliphatic carbocycles. The molecule has 5 nitrogen and oxygen atoms in total. The third-order valence-corrected chi connectivity index (χ3v) is 4.99. The van der Waals surface area contributed by atoms with E-state index in [1.807, 2.05) is 37.4 Å². The van der Waals surface area contributed by atoms with Crippen LogP contribution in [0, 0.1) is 9.77 Å². The minimum absolute atomic E-state index is 0.216. The van der Waals surface area contributed by atoms with Crippen molar-refractivity contribution in [3.63, 3.8) is 0 Å². The Bertz CT molecular complexity index is 923. The summed E-state index contributed by atoms with van der Waals surface area (Å²) >= 11 is 6.84. The van der Waals surface area contributed by atoms with E-state index in [0.29, 0.717) is 17.2 Å². The van der Waals surface area contributed by atoms with Gasteiger partial charge >= 0.3 is 0 Å². The van der Waals surface area contributed by atoms with Crippen LogP contribution in [-0.4, -0.2) is 23.9 Å². The van der Waals surface area contributed by atoms with Crippen LogP contribution in [0.15, 0.2) is 48.5 Å². The highest BCUT2D eigenvalue weighted by Crippen LogP contribution is 2.22. The second-order valence-electron chi connectivity index (χ2n) is 5.95. The van der Waals surface area contributed by atoms with Gasteiger partial charge in [0, 0.05) is 11.3 Å². The molecule has 0 fully saturated rings. The first-order chi connectivity index (χ1) is 12.5. The number of rotatable bonds is 7. The maximum Gasteiger partial charge on any atom is 0.209 e. The van der Waals surface area contributed by atoms with Crippen LogP contribution in [0.5, 0.6) is 5.75 Å². The molecule has 3 rings (SSSR count). The maximum absolute atomic E-state index is 13.3. The monoisotopic (exact) mass is 391 g/mol. The Hall–Kier alpha value is -2.29. The van der Waals surface area contributed by atoms with Crippen molar-refractivity contribution in [2.45, 2.75) is 13.2 Å². The fourth-order valence-electron chi connectivity index (χ4n) is 2.56. The standard InChI is InChI=1S/C18H19FN4OS2/c1-22(11-13-4-3-5-14(19)10-13)12-23-18(25)26-17(21-23)20-15-6-8-16(24-2)9-7-15/h3-10H,11-12H2,1-2H3,(H,20,21)/p+1. The van der Waals surface area contributed by atoms with E-state index in [0.717, 1.165) is 27.0 Å². The Morgan fingerprint density at radius 3 is 2.73 bits per heavy atom. The summed E-state index contributed by atoms with van der Waals surface area (Å²) in [5.41, 5.74) is 1.86. The van der Waals surface area contributed by atoms with Gasteiger partial charge in [-0.3, -0.25) is 0 Å². The number of methoxy groups -OCH3 is 1. The van der Waals surface area contributed by atoms with E-state index < -0.39 is 0 Å². The lowest BCUT2D eigenvalue weighted by Gasteiger charge is -2.13. The van der Waals surface area contributed by atoms with E-state index in [1.165, 1.54) is 17.4 Å². The topological polar surface area (TPSA) is 43.5 Å². The van der Waals surface area contributed by atoms with Crippen molar-refractivity contribution < 1.29 is 14.0 Å². The van der Waals surface area contributed by atoms with Crippen LogP contribution in [0.4, 0.5) is 15.2 Å². The SMILES string of the molecule is COc1ccc(Nc2nn(C[NH+](C)Cc3cccc(F)c3)c(=S)s2)cc1. The number of ether oxygens (including phenoxy) is 1. The molecule has 0 aliphatic heterocycles. The fourth-order valence-corrected chi connectivity index (χ4v) is 3.59. The first kappa shape index (κ1) is 18.5. The highest BCUT2D eigenvalue weighted by Gasteiger charge is 2.10. The summed E-state index contributed by atoms with van der Waals surface area (Å²) in [6, 6.07) is 14.3. The van der Waals surface area contributed by atoms with Gasteiger partial charge in [-0.1, -0.05) is 23.5 Å². The molecular weight excluding hydrogens is 371 g/mol. The second kappa shape index (κ2) is 8.39. The van der Waals surface area contributed by atoms with Crippen LogP contribution in [0.2, 0.25) is 0 Å². The molecule has 0 saturated heterocycles. The number of aromatic nitrogens is 2. The first-order valence-corrected chi connectivity index (χ1v) is 9.31. The lowest BCUT2D eigenvalue weighted by atomic mass is 10.2. The molecule has 3 aromatic rings. The summed E-state index contributed by atoms with van der Waals surface area (Å²) in [6.07, 6.45) is 0. The van der Waals surface area contributed by atoms with Crippen LogP contribution >= 0.6 is 23.6 Å². The maximum atomic E-state index is 13.3. The zero-order valence-corrected chi connectivity index (χ0v) is 16.2. The van der Waals surface area contributed by atoms with Gasteiger partial charge in [-0.2, -0.15) is 4.68 Å². The molecule has 1 aromatic heterocycles. The lowest BCUT2D eigenvalue weighted by molar-refractivity contribution is -0.917. The molecular formula is C18H20FN4OS2+. The van der Waals surface area contributed by atoms with Crippen molar-refractivity contribution in [2.75, 3.05) is 19.5 Å². The molecule has 136 valence electrons. The number of benzene rings is 2. The Kier molecular flexibility index (Phi) is 5.97. The molecule has 1 atom stereocenters. The van der Waals surface area contributed by atoms with E-state index in [9.17, 15) is 4.39 Å². The van der Waals surface area contributed by atoms with Gasteiger partial charge in [-0.25, -0.2) is 4.39 Å². The molecule has 0 amide bonds. The molecule has 1 heterocycles. The van der Waals surface area contributed by atoms with Gasteiger partial charge in [-0.05, 0) is 48.6 Å². The van der Waals surface area contributed by atoms with Crippen molar-refractivity contribution in [3.05, 3.63) is 63.9 Å². The molecule has 0 aliphatic rings. The number of anilines is 2. The van der Waals surface area contributed by atoms with E-state index in [2.05, 4.69) is 10.4 Å². The van der Waals surface area contributed by atoms with Crippen molar-refractivity contribution in [1.29, 1.82) is 0 Å². The Morgan fingerprint density at radius 1 is 1.27 bits per heavy atom. The van der Waals surface area contributed by atoms with Crippen LogP contribution in [0.3, 0.4) is 0 Å². The number of hydrogen-bond acceptors (Lipinski definition) is 5. The van der Waals surface area contributed by atoms with Crippen molar-refractivity contribution >= 4 is 34.4 Å². The predicted molar refractivity (Wildman–Crippen MR) is 104 cm³/mol. The molecule has 2 aromatic carbocycles. The summed E-state index contributed by atoms with van der Waals surface area (Å²) in [5.74, 6) is 0.586. The second-order valence-corrected chi connectivity index (χ2v) is 7.57. The van der Waals surface area contributed by atoms with Crippen LogP contribution < -0.4 is 15.0 Å². The molecule has 0 saturated carbocycles. The Labute approximate surface area is 160 Å². The number of hydrogen-bond donors (Lipinski definition) is 2. The van der Waals surface area contributed by atoms with E-state index in [4.69, 9.17) is 17.0 Å². The molecule has 0 radical (unpaired) electrons. The van der Waals surface area contributed by atoms with E-state index in [-0.39, 0.29) is 5.82 Å². The third kappa shape index (κ3) is 4.87. The number of nitrogens with zero attached hydrogens (tertiary/aromatic N) is 2. The van der Waals surface area contributed by atoms with Gasteiger partial charge in [0.25, 0.3) is 0 Å². The summed E-state index contributed by atoms with van der Waals surface area (Å²) in [4.78, 5) is 1.16. The van der Waals surface area contributed by atoms with Crippen molar-refractivity contribution in [1.82, 2.24) is 9.78 Å². The normalized spacial score (nSPS) is 12.0. The Morgan fingerprint density at radius 2 is 2.04 bits per heavy atom. The van der Waals surface area contributed by atoms with Crippen molar-refractivity contribution in [3.8, 4) is 5.75 Å². The largest absolute Gasteiger partial charge is 0.497 e. The highest BCUT2D eigenvalue weighted by molar-refractivity contribution is 7.73. The zero-order valence-electron chi connectivity index (χ0n) is 14.5. The van der Waals surface area contributed by atoms with Crippen LogP contribution in [0.25, 0.3) is 0 Å². The van der Waals surface area contributed by atoms with Gasteiger partial charge in [0.05, 0.1) is 14.2 Å². The number of halogens is 1. The number of nitrogens with one attached hydrogen (secondary N) is 2. The number of quaternary nitrogens is 1. The zero-order chi connectivity index (χ0) is 18.5. The average molecular weight is 392 g/mol. The van der Waals surface area contributed by atoms with Crippen LogP contribution in [0.1, 0.15) is 5.56 Å². The van der Waals surface area contributed by atoms with Crippen LogP contribution in [-0.2, 0) is 13.2 Å². The fraction of sp³-hybridized carbons (Fsp3) is 0.222. The predicted octanol–water partition coefficient (Wildman–Crippen LogP) is 3.24. The molecule has 26 heavy (non-hydrogen) atoms. The minimum atomic E-state index is -0.216. The minimum Gasteiger partial charge on any atom is -0.497 e. The third-order valence-electron chi connectivity index (χ3n) is 3.76. The first-order valence-electron chi connectivity index (χ1n) is 8.08. The quantitative estimate of drug-likeness (QED) is 0.607. The smallest absolute Gasteiger partial charge is 0.209 e. The molecule has 0 spiro atoms. The Balaban J connectivity index is 1.64. The van der Waals surface area contributed by atoms with Gasteiger partial charge in [-0.15, -0.1) is 5.10 Å². The summed E-state index contributed by atoms with van der Waals surface area (Å²) in [5, 5.41) is 8.53. The van der Waals surface area contributed by atoms with Gasteiger partial charge in [0.1, 0.15) is 18.1 Å². The molecule has 1 unspecified atom stereocenters. The van der Waals surface area contributed by atoms with Crippen molar-refractivity contribution in [2.24, 2.45) is 0 Å². The van der Waals surface area contributed by atoms with Gasteiger partial charge in [0.2, 0.25) is 5.13 Å². The molecule has 8 heteroatoms. The van der Waals surface area contributed by atoms with E-state index >= 15 is 0 Å².